The van der Waals surface area contributed by atoms with Crippen molar-refractivity contribution in [3.05, 3.63) is 12.4 Å². The standard InChI is InChI=1S/C12H20ClN3S/c1-4-9(5-2)10(13)7-14-11-6-12(17-3)16-8-15-11/h6,8-10H,4-5,7H2,1-3H3,(H,14,15,16). The van der Waals surface area contributed by atoms with Crippen LogP contribution < -0.4 is 5.32 Å². The van der Waals surface area contributed by atoms with E-state index in [2.05, 4.69) is 29.1 Å². The molecule has 96 valence electrons. The molecule has 0 aliphatic carbocycles. The van der Waals surface area contributed by atoms with Crippen LogP contribution in [0.3, 0.4) is 0 Å². The average molecular weight is 274 g/mol. The number of nitrogens with one attached hydrogen (secondary N) is 1. The SMILES string of the molecule is CCC(CC)C(Cl)CNc1cc(SC)ncn1. The summed E-state index contributed by atoms with van der Waals surface area (Å²) in [7, 11) is 0. The van der Waals surface area contributed by atoms with Crippen molar-refractivity contribution in [1.82, 2.24) is 9.97 Å². The Morgan fingerprint density at radius 1 is 1.35 bits per heavy atom. The third kappa shape index (κ3) is 4.72. The minimum absolute atomic E-state index is 0.151. The smallest absolute Gasteiger partial charge is 0.130 e. The van der Waals surface area contributed by atoms with Crippen molar-refractivity contribution in [1.29, 1.82) is 0 Å². The van der Waals surface area contributed by atoms with Gasteiger partial charge in [-0.15, -0.1) is 23.4 Å². The average Bonchev–Trinajstić information content (AvgIpc) is 2.38. The molecular formula is C12H20ClN3S. The van der Waals surface area contributed by atoms with Crippen LogP contribution in [-0.2, 0) is 0 Å². The Morgan fingerprint density at radius 3 is 2.65 bits per heavy atom. The lowest BCUT2D eigenvalue weighted by Gasteiger charge is -2.19. The van der Waals surface area contributed by atoms with Crippen molar-refractivity contribution in [2.24, 2.45) is 5.92 Å². The molecule has 0 spiro atoms. The molecule has 1 N–H and O–H groups in total. The maximum absolute atomic E-state index is 6.36. The summed E-state index contributed by atoms with van der Waals surface area (Å²) in [5.41, 5.74) is 0. The van der Waals surface area contributed by atoms with Crippen LogP contribution in [0.5, 0.6) is 0 Å². The predicted molar refractivity (Wildman–Crippen MR) is 76.0 cm³/mol. The van der Waals surface area contributed by atoms with Gasteiger partial charge < -0.3 is 5.32 Å². The van der Waals surface area contributed by atoms with Gasteiger partial charge >= 0.3 is 0 Å². The molecule has 1 atom stereocenters. The molecule has 0 aliphatic heterocycles. The van der Waals surface area contributed by atoms with E-state index in [4.69, 9.17) is 11.6 Å². The van der Waals surface area contributed by atoms with E-state index in [0.29, 0.717) is 5.92 Å². The molecule has 3 nitrogen and oxygen atoms in total. The van der Waals surface area contributed by atoms with E-state index in [-0.39, 0.29) is 5.38 Å². The van der Waals surface area contributed by atoms with Crippen molar-refractivity contribution in [3.63, 3.8) is 0 Å². The minimum atomic E-state index is 0.151. The van der Waals surface area contributed by atoms with E-state index < -0.39 is 0 Å². The maximum atomic E-state index is 6.36. The molecule has 1 aromatic rings. The molecule has 17 heavy (non-hydrogen) atoms. The van der Waals surface area contributed by atoms with Gasteiger partial charge in [-0.2, -0.15) is 0 Å². The first-order valence-electron chi connectivity index (χ1n) is 5.95. The predicted octanol–water partition coefficient (Wildman–Crippen LogP) is 3.65. The first-order chi connectivity index (χ1) is 8.21. The summed E-state index contributed by atoms with van der Waals surface area (Å²) in [4.78, 5) is 8.31. The molecule has 0 bridgehead atoms. The van der Waals surface area contributed by atoms with Crippen LogP contribution in [0.2, 0.25) is 0 Å². The highest BCUT2D eigenvalue weighted by Gasteiger charge is 2.15. The van der Waals surface area contributed by atoms with E-state index in [1.54, 1.807) is 18.1 Å². The Bertz CT molecular complexity index is 331. The van der Waals surface area contributed by atoms with Gasteiger partial charge in [0.15, 0.2) is 0 Å². The van der Waals surface area contributed by atoms with Gasteiger partial charge in [-0.25, -0.2) is 9.97 Å². The molecule has 0 aromatic carbocycles. The van der Waals surface area contributed by atoms with Gasteiger partial charge in [-0.05, 0) is 12.2 Å². The lowest BCUT2D eigenvalue weighted by atomic mass is 9.99. The fraction of sp³-hybridized carbons (Fsp3) is 0.667. The zero-order chi connectivity index (χ0) is 12.7. The Kier molecular flexibility index (Phi) is 6.66. The fourth-order valence-electron chi connectivity index (χ4n) is 1.72. The van der Waals surface area contributed by atoms with Crippen LogP contribution in [0.1, 0.15) is 26.7 Å². The number of hydrogen-bond acceptors (Lipinski definition) is 4. The largest absolute Gasteiger partial charge is 0.368 e. The summed E-state index contributed by atoms with van der Waals surface area (Å²) in [6.07, 6.45) is 5.81. The van der Waals surface area contributed by atoms with Crippen molar-refractivity contribution in [3.8, 4) is 0 Å². The van der Waals surface area contributed by atoms with E-state index >= 15 is 0 Å². The van der Waals surface area contributed by atoms with Gasteiger partial charge in [0.05, 0.1) is 5.38 Å². The fourth-order valence-corrected chi connectivity index (χ4v) is 2.53. The number of nitrogens with zero attached hydrogens (tertiary/aromatic N) is 2. The second-order valence-electron chi connectivity index (χ2n) is 3.92. The monoisotopic (exact) mass is 273 g/mol. The van der Waals surface area contributed by atoms with Crippen molar-refractivity contribution < 1.29 is 0 Å². The molecule has 0 aliphatic rings. The van der Waals surface area contributed by atoms with Crippen LogP contribution in [0.25, 0.3) is 0 Å². The van der Waals surface area contributed by atoms with Gasteiger partial charge in [-0.1, -0.05) is 26.7 Å². The van der Waals surface area contributed by atoms with Crippen molar-refractivity contribution >= 4 is 29.2 Å². The summed E-state index contributed by atoms with van der Waals surface area (Å²) in [5, 5.41) is 4.39. The number of halogens is 1. The maximum Gasteiger partial charge on any atom is 0.130 e. The topological polar surface area (TPSA) is 37.8 Å². The summed E-state index contributed by atoms with van der Waals surface area (Å²) >= 11 is 7.97. The highest BCUT2D eigenvalue weighted by atomic mass is 35.5. The van der Waals surface area contributed by atoms with Crippen LogP contribution in [0.4, 0.5) is 5.82 Å². The molecule has 1 unspecified atom stereocenters. The van der Waals surface area contributed by atoms with Crippen LogP contribution >= 0.6 is 23.4 Å². The minimum Gasteiger partial charge on any atom is -0.368 e. The van der Waals surface area contributed by atoms with Crippen molar-refractivity contribution in [2.75, 3.05) is 18.1 Å². The molecule has 0 amide bonds. The summed E-state index contributed by atoms with van der Waals surface area (Å²) < 4.78 is 0. The van der Waals surface area contributed by atoms with Gasteiger partial charge in [0.1, 0.15) is 17.2 Å². The number of rotatable bonds is 7. The van der Waals surface area contributed by atoms with Gasteiger partial charge in [0.2, 0.25) is 0 Å². The van der Waals surface area contributed by atoms with Crippen LogP contribution in [0.15, 0.2) is 17.4 Å². The number of aromatic nitrogens is 2. The third-order valence-corrected chi connectivity index (χ3v) is 4.04. The number of thioether (sulfide) groups is 1. The summed E-state index contributed by atoms with van der Waals surface area (Å²) in [6.45, 7) is 5.11. The molecule has 0 fully saturated rings. The van der Waals surface area contributed by atoms with E-state index in [1.165, 1.54) is 0 Å². The van der Waals surface area contributed by atoms with Crippen LogP contribution in [0, 0.1) is 5.92 Å². The lowest BCUT2D eigenvalue weighted by Crippen LogP contribution is -2.23. The molecule has 0 radical (unpaired) electrons. The van der Waals surface area contributed by atoms with E-state index in [1.807, 2.05) is 12.3 Å². The third-order valence-electron chi connectivity index (χ3n) is 2.89. The number of anilines is 1. The molecular weight excluding hydrogens is 254 g/mol. The van der Waals surface area contributed by atoms with E-state index in [9.17, 15) is 0 Å². The molecule has 1 aromatic heterocycles. The van der Waals surface area contributed by atoms with Gasteiger partial charge in [0, 0.05) is 12.6 Å². The normalized spacial score (nSPS) is 12.8. The van der Waals surface area contributed by atoms with Gasteiger partial charge in [0.25, 0.3) is 0 Å². The molecule has 0 saturated carbocycles. The summed E-state index contributed by atoms with van der Waals surface area (Å²) in [6, 6.07) is 1.95. The lowest BCUT2D eigenvalue weighted by molar-refractivity contribution is 0.475. The quantitative estimate of drug-likeness (QED) is 0.467. The Labute approximate surface area is 113 Å². The Hall–Kier alpha value is -0.480. The number of hydrogen-bond donors (Lipinski definition) is 1. The molecule has 1 rings (SSSR count). The van der Waals surface area contributed by atoms with Crippen LogP contribution in [-0.4, -0.2) is 28.1 Å². The zero-order valence-electron chi connectivity index (χ0n) is 10.6. The highest BCUT2D eigenvalue weighted by Crippen LogP contribution is 2.19. The molecule has 0 saturated heterocycles. The first-order valence-corrected chi connectivity index (χ1v) is 7.61. The first kappa shape index (κ1) is 14.6. The number of alkyl halides is 1. The second kappa shape index (κ2) is 7.77. The van der Waals surface area contributed by atoms with Crippen molar-refractivity contribution in [2.45, 2.75) is 37.1 Å². The van der Waals surface area contributed by atoms with Gasteiger partial charge in [-0.3, -0.25) is 0 Å². The highest BCUT2D eigenvalue weighted by molar-refractivity contribution is 7.98. The molecule has 5 heteroatoms. The van der Waals surface area contributed by atoms with E-state index in [0.717, 1.165) is 30.2 Å². The second-order valence-corrected chi connectivity index (χ2v) is 5.31. The summed E-state index contributed by atoms with van der Waals surface area (Å²) in [5.74, 6) is 1.41. The molecule has 1 heterocycles. The Morgan fingerprint density at radius 2 is 2.06 bits per heavy atom. The Balaban J connectivity index is 2.49. The zero-order valence-corrected chi connectivity index (χ0v) is 12.2.